The van der Waals surface area contributed by atoms with Gasteiger partial charge in [-0.05, 0) is 53.1 Å². The summed E-state index contributed by atoms with van der Waals surface area (Å²) in [7, 11) is 1.61. The second-order valence-electron chi connectivity index (χ2n) is 9.51. The van der Waals surface area contributed by atoms with Crippen molar-refractivity contribution in [3.8, 4) is 22.8 Å². The normalized spacial score (nSPS) is 14.3. The van der Waals surface area contributed by atoms with Crippen molar-refractivity contribution in [1.82, 2.24) is 15.1 Å². The molecule has 4 aromatic carbocycles. The molecule has 6 rings (SSSR count). The van der Waals surface area contributed by atoms with Crippen molar-refractivity contribution in [2.45, 2.75) is 19.2 Å². The number of halogens is 2. The number of carbonyl (C=O) groups is 1. The number of amides is 1. The molecule has 1 N–H and O–H groups in total. The Balaban J connectivity index is 1.41. The van der Waals surface area contributed by atoms with Crippen LogP contribution in [0.2, 0.25) is 10.0 Å². The van der Waals surface area contributed by atoms with Crippen LogP contribution in [0.15, 0.2) is 97.1 Å². The number of benzene rings is 4. The number of hydrogen-bond acceptors (Lipinski definition) is 4. The first-order chi connectivity index (χ1) is 19.5. The molecule has 1 aliphatic rings. The number of rotatable bonds is 8. The summed E-state index contributed by atoms with van der Waals surface area (Å²) in [5, 5.41) is 8.82. The minimum Gasteiger partial charge on any atom is -0.493 e. The molecule has 6 nitrogen and oxygen atoms in total. The van der Waals surface area contributed by atoms with Crippen molar-refractivity contribution >= 4 is 29.1 Å². The zero-order valence-electron chi connectivity index (χ0n) is 21.6. The summed E-state index contributed by atoms with van der Waals surface area (Å²) in [5.41, 5.74) is 5.73. The predicted octanol–water partition coefficient (Wildman–Crippen LogP) is 7.72. The lowest BCUT2D eigenvalue weighted by atomic mass is 9.95. The SMILES string of the molecule is COc1cc(C2c3c(-c4ccc(Cl)cc4)n[nH]c3C(=O)N2Cc2ccc(Cl)cc2)ccc1OCc1ccccc1. The van der Waals surface area contributed by atoms with Crippen LogP contribution < -0.4 is 9.47 Å². The molecule has 0 saturated heterocycles. The highest BCUT2D eigenvalue weighted by atomic mass is 35.5. The lowest BCUT2D eigenvalue weighted by Crippen LogP contribution is -2.29. The first-order valence-electron chi connectivity index (χ1n) is 12.8. The fraction of sp³-hybridized carbons (Fsp3) is 0.125. The van der Waals surface area contributed by atoms with Crippen molar-refractivity contribution in [2.24, 2.45) is 0 Å². The zero-order chi connectivity index (χ0) is 27.6. The van der Waals surface area contributed by atoms with Gasteiger partial charge in [-0.15, -0.1) is 0 Å². The molecule has 8 heteroatoms. The fourth-order valence-electron chi connectivity index (χ4n) is 5.03. The molecule has 40 heavy (non-hydrogen) atoms. The number of nitrogens with zero attached hydrogens (tertiary/aromatic N) is 2. The van der Waals surface area contributed by atoms with Crippen molar-refractivity contribution in [3.63, 3.8) is 0 Å². The van der Waals surface area contributed by atoms with E-state index in [4.69, 9.17) is 32.7 Å². The minimum absolute atomic E-state index is 0.133. The molecule has 0 aliphatic carbocycles. The molecule has 1 atom stereocenters. The van der Waals surface area contributed by atoms with Crippen LogP contribution in [0.5, 0.6) is 11.5 Å². The minimum atomic E-state index is -0.417. The summed E-state index contributed by atoms with van der Waals surface area (Å²) in [4.78, 5) is 15.6. The third kappa shape index (κ3) is 5.04. The summed E-state index contributed by atoms with van der Waals surface area (Å²) >= 11 is 12.3. The maximum absolute atomic E-state index is 13.8. The molecule has 5 aromatic rings. The van der Waals surface area contributed by atoms with Crippen LogP contribution in [0.3, 0.4) is 0 Å². The van der Waals surface area contributed by atoms with Gasteiger partial charge in [0.05, 0.1) is 18.8 Å². The van der Waals surface area contributed by atoms with Crippen LogP contribution in [-0.4, -0.2) is 28.1 Å². The summed E-state index contributed by atoms with van der Waals surface area (Å²) in [6.45, 7) is 0.797. The Kier molecular flexibility index (Phi) is 7.20. The van der Waals surface area contributed by atoms with Crippen LogP contribution in [0.1, 0.15) is 38.8 Å². The smallest absolute Gasteiger partial charge is 0.273 e. The van der Waals surface area contributed by atoms with Gasteiger partial charge < -0.3 is 14.4 Å². The van der Waals surface area contributed by atoms with Crippen molar-refractivity contribution in [1.29, 1.82) is 0 Å². The zero-order valence-corrected chi connectivity index (χ0v) is 23.1. The van der Waals surface area contributed by atoms with E-state index in [1.165, 1.54) is 0 Å². The second-order valence-corrected chi connectivity index (χ2v) is 10.4. The molecule has 1 amide bonds. The van der Waals surface area contributed by atoms with Gasteiger partial charge in [0.25, 0.3) is 5.91 Å². The maximum atomic E-state index is 13.8. The maximum Gasteiger partial charge on any atom is 0.273 e. The van der Waals surface area contributed by atoms with Crippen LogP contribution in [0.25, 0.3) is 11.3 Å². The molecule has 0 radical (unpaired) electrons. The Bertz CT molecular complexity index is 1650. The number of H-pyrrole nitrogens is 1. The first-order valence-corrected chi connectivity index (χ1v) is 13.5. The van der Waals surface area contributed by atoms with E-state index in [1.54, 1.807) is 7.11 Å². The molecule has 0 bridgehead atoms. The number of ether oxygens (including phenoxy) is 2. The van der Waals surface area contributed by atoms with Crippen molar-refractivity contribution in [2.75, 3.05) is 7.11 Å². The molecular weight excluding hydrogens is 545 g/mol. The first kappa shape index (κ1) is 26.0. The molecule has 1 aromatic heterocycles. The van der Waals surface area contributed by atoms with Crippen LogP contribution in [0, 0.1) is 0 Å². The van der Waals surface area contributed by atoms with Gasteiger partial charge in [0, 0.05) is 27.7 Å². The highest BCUT2D eigenvalue weighted by Gasteiger charge is 2.42. The predicted molar refractivity (Wildman–Crippen MR) is 156 cm³/mol. The highest BCUT2D eigenvalue weighted by Crippen LogP contribution is 2.45. The van der Waals surface area contributed by atoms with Crippen LogP contribution in [0.4, 0.5) is 0 Å². The molecule has 0 spiro atoms. The quantitative estimate of drug-likeness (QED) is 0.208. The van der Waals surface area contributed by atoms with Gasteiger partial charge >= 0.3 is 0 Å². The van der Waals surface area contributed by atoms with Gasteiger partial charge in [0.2, 0.25) is 0 Å². The number of aromatic amines is 1. The van der Waals surface area contributed by atoms with Gasteiger partial charge in [0.1, 0.15) is 12.3 Å². The van der Waals surface area contributed by atoms with E-state index in [0.717, 1.165) is 27.8 Å². The van der Waals surface area contributed by atoms with E-state index in [9.17, 15) is 4.79 Å². The Hall–Kier alpha value is -4.26. The molecule has 1 unspecified atom stereocenters. The monoisotopic (exact) mass is 569 g/mol. The average molecular weight is 570 g/mol. The Labute approximate surface area is 242 Å². The summed E-state index contributed by atoms with van der Waals surface area (Å²) < 4.78 is 11.8. The largest absolute Gasteiger partial charge is 0.493 e. The van der Waals surface area contributed by atoms with Crippen LogP contribution in [-0.2, 0) is 13.2 Å². The third-order valence-electron chi connectivity index (χ3n) is 6.99. The van der Waals surface area contributed by atoms with Crippen molar-refractivity contribution < 1.29 is 14.3 Å². The summed E-state index contributed by atoms with van der Waals surface area (Å²) in [6, 6.07) is 30.3. The van der Waals surface area contributed by atoms with E-state index in [1.807, 2.05) is 102 Å². The van der Waals surface area contributed by atoms with E-state index in [-0.39, 0.29) is 5.91 Å². The number of hydrogen-bond donors (Lipinski definition) is 1. The molecular formula is C32H25Cl2N3O3. The summed E-state index contributed by atoms with van der Waals surface area (Å²) in [6.07, 6.45) is 0. The van der Waals surface area contributed by atoms with E-state index in [0.29, 0.717) is 46.1 Å². The Morgan fingerprint density at radius 3 is 2.25 bits per heavy atom. The lowest BCUT2D eigenvalue weighted by molar-refractivity contribution is 0.0730. The molecule has 0 fully saturated rings. The van der Waals surface area contributed by atoms with E-state index < -0.39 is 6.04 Å². The van der Waals surface area contributed by atoms with E-state index in [2.05, 4.69) is 10.2 Å². The lowest BCUT2D eigenvalue weighted by Gasteiger charge is -2.27. The number of methoxy groups -OCH3 is 1. The number of aromatic nitrogens is 2. The highest BCUT2D eigenvalue weighted by molar-refractivity contribution is 6.30. The van der Waals surface area contributed by atoms with Gasteiger partial charge in [-0.2, -0.15) is 5.10 Å². The summed E-state index contributed by atoms with van der Waals surface area (Å²) in [5.74, 6) is 1.07. The second kappa shape index (κ2) is 11.1. The van der Waals surface area contributed by atoms with Gasteiger partial charge in [-0.25, -0.2) is 0 Å². The van der Waals surface area contributed by atoms with Crippen molar-refractivity contribution in [3.05, 3.63) is 135 Å². The standard InChI is InChI=1S/C32H25Cl2N3O3/c1-39-27-17-23(11-16-26(27)40-19-21-5-3-2-4-6-21)31-28-29(22-9-14-25(34)15-10-22)35-36-30(28)32(38)37(31)18-20-7-12-24(33)13-8-20/h2-17,31H,18-19H2,1H3,(H,35,36). The third-order valence-corrected chi connectivity index (χ3v) is 7.49. The van der Waals surface area contributed by atoms with Gasteiger partial charge in [-0.1, -0.05) is 83.9 Å². The number of fused-ring (bicyclic) bond motifs is 1. The Morgan fingerprint density at radius 2 is 1.55 bits per heavy atom. The van der Waals surface area contributed by atoms with Gasteiger partial charge in [0.15, 0.2) is 11.5 Å². The van der Waals surface area contributed by atoms with E-state index >= 15 is 0 Å². The topological polar surface area (TPSA) is 67.5 Å². The molecule has 0 saturated carbocycles. The fourth-order valence-corrected chi connectivity index (χ4v) is 5.28. The Morgan fingerprint density at radius 1 is 0.850 bits per heavy atom. The van der Waals surface area contributed by atoms with Crippen LogP contribution >= 0.6 is 23.2 Å². The molecule has 200 valence electrons. The molecule has 2 heterocycles. The molecule has 1 aliphatic heterocycles. The number of nitrogens with one attached hydrogen (secondary N) is 1. The number of carbonyl (C=O) groups excluding carboxylic acids is 1. The average Bonchev–Trinajstić information content (AvgIpc) is 3.53. The van der Waals surface area contributed by atoms with Gasteiger partial charge in [-0.3, -0.25) is 9.89 Å².